The van der Waals surface area contributed by atoms with Gasteiger partial charge < -0.3 is 9.73 Å². The monoisotopic (exact) mass is 348 g/mol. The van der Waals surface area contributed by atoms with E-state index in [9.17, 15) is 13.6 Å². The van der Waals surface area contributed by atoms with Gasteiger partial charge in [-0.1, -0.05) is 6.92 Å². The average Bonchev–Trinajstić information content (AvgIpc) is 3.04. The lowest BCUT2D eigenvalue weighted by Crippen LogP contribution is -2.37. The molecule has 1 fully saturated rings. The maximum absolute atomic E-state index is 13.8. The number of nitrogens with one attached hydrogen (secondary N) is 1. The highest BCUT2D eigenvalue weighted by Gasteiger charge is 2.20. The molecule has 0 saturated heterocycles. The van der Waals surface area contributed by atoms with Crippen molar-refractivity contribution in [2.45, 2.75) is 51.5 Å². The highest BCUT2D eigenvalue weighted by atomic mass is 19.1. The lowest BCUT2D eigenvalue weighted by atomic mass is 9.87. The van der Waals surface area contributed by atoms with Crippen LogP contribution in [0.15, 0.2) is 28.8 Å². The zero-order valence-corrected chi connectivity index (χ0v) is 14.2. The number of aromatic nitrogens is 1. The third-order valence-electron chi connectivity index (χ3n) is 4.70. The Morgan fingerprint density at radius 2 is 2.04 bits per heavy atom. The summed E-state index contributed by atoms with van der Waals surface area (Å²) in [5.41, 5.74) is 0.154. The van der Waals surface area contributed by atoms with Gasteiger partial charge in [0.05, 0.1) is 11.8 Å². The van der Waals surface area contributed by atoms with Gasteiger partial charge in [-0.05, 0) is 43.7 Å². The molecule has 25 heavy (non-hydrogen) atoms. The molecule has 1 saturated carbocycles. The van der Waals surface area contributed by atoms with Crippen LogP contribution >= 0.6 is 0 Å². The van der Waals surface area contributed by atoms with Gasteiger partial charge in [0, 0.05) is 24.9 Å². The van der Waals surface area contributed by atoms with Crippen LogP contribution in [0.25, 0.3) is 11.3 Å². The molecule has 0 atom stereocenters. The number of amides is 1. The number of carbonyl (C=O) groups excluding carboxylic acids is 1. The molecule has 1 amide bonds. The molecule has 134 valence electrons. The van der Waals surface area contributed by atoms with E-state index in [-0.39, 0.29) is 29.7 Å². The van der Waals surface area contributed by atoms with Crippen molar-refractivity contribution in [2.24, 2.45) is 5.92 Å². The van der Waals surface area contributed by atoms with Gasteiger partial charge in [0.25, 0.3) is 0 Å². The lowest BCUT2D eigenvalue weighted by Gasteiger charge is -2.26. The fourth-order valence-corrected chi connectivity index (χ4v) is 3.16. The Balaban J connectivity index is 1.52. The maximum atomic E-state index is 13.8. The topological polar surface area (TPSA) is 55.1 Å². The van der Waals surface area contributed by atoms with E-state index in [1.54, 1.807) is 0 Å². The second kappa shape index (κ2) is 7.76. The summed E-state index contributed by atoms with van der Waals surface area (Å²) in [7, 11) is 0. The number of nitrogens with zero attached hydrogens (tertiary/aromatic N) is 1. The molecule has 0 radical (unpaired) electrons. The Morgan fingerprint density at radius 1 is 1.28 bits per heavy atom. The van der Waals surface area contributed by atoms with Crippen molar-refractivity contribution in [1.82, 2.24) is 10.3 Å². The summed E-state index contributed by atoms with van der Waals surface area (Å²) in [6.45, 7) is 2.24. The fraction of sp³-hybridized carbons (Fsp3) is 0.474. The fourth-order valence-electron chi connectivity index (χ4n) is 3.16. The van der Waals surface area contributed by atoms with Crippen LogP contribution in [0, 0.1) is 17.6 Å². The highest BCUT2D eigenvalue weighted by Crippen LogP contribution is 2.25. The predicted molar refractivity (Wildman–Crippen MR) is 89.7 cm³/mol. The van der Waals surface area contributed by atoms with Crippen LogP contribution in [-0.4, -0.2) is 16.9 Å². The average molecular weight is 348 g/mol. The second-order valence-corrected chi connectivity index (χ2v) is 6.77. The molecule has 0 bridgehead atoms. The quantitative estimate of drug-likeness (QED) is 0.879. The minimum atomic E-state index is -0.702. The molecule has 0 spiro atoms. The van der Waals surface area contributed by atoms with E-state index in [0.29, 0.717) is 12.3 Å². The molecule has 3 rings (SSSR count). The van der Waals surface area contributed by atoms with E-state index in [2.05, 4.69) is 17.2 Å². The van der Waals surface area contributed by atoms with Crippen LogP contribution in [-0.2, 0) is 11.2 Å². The van der Waals surface area contributed by atoms with Gasteiger partial charge in [0.2, 0.25) is 5.91 Å². The third kappa shape index (κ3) is 4.65. The van der Waals surface area contributed by atoms with Crippen molar-refractivity contribution < 1.29 is 18.0 Å². The summed E-state index contributed by atoms with van der Waals surface area (Å²) < 4.78 is 32.2. The Kier molecular flexibility index (Phi) is 5.46. The molecule has 4 nitrogen and oxygen atoms in total. The van der Waals surface area contributed by atoms with Gasteiger partial charge >= 0.3 is 0 Å². The summed E-state index contributed by atoms with van der Waals surface area (Å²) in [4.78, 5) is 16.1. The van der Waals surface area contributed by atoms with Gasteiger partial charge in [-0.2, -0.15) is 0 Å². The normalized spacial score (nSPS) is 20.4. The van der Waals surface area contributed by atoms with Crippen molar-refractivity contribution >= 4 is 5.91 Å². The SMILES string of the molecule is CC1CCC(NC(=O)CCc2ncc(-c3ccc(F)cc3F)o2)CC1. The number of rotatable bonds is 5. The predicted octanol–water partition coefficient (Wildman–Crippen LogP) is 4.25. The van der Waals surface area contributed by atoms with E-state index < -0.39 is 11.6 Å². The molecule has 1 aliphatic rings. The molecule has 1 N–H and O–H groups in total. The van der Waals surface area contributed by atoms with Gasteiger partial charge in [-0.15, -0.1) is 0 Å². The molecule has 6 heteroatoms. The summed E-state index contributed by atoms with van der Waals surface area (Å²) in [5, 5.41) is 3.05. The van der Waals surface area contributed by atoms with E-state index in [1.165, 1.54) is 18.3 Å². The molecular weight excluding hydrogens is 326 g/mol. The molecule has 1 heterocycles. The van der Waals surface area contributed by atoms with Crippen LogP contribution in [0.3, 0.4) is 0 Å². The number of oxazole rings is 1. The third-order valence-corrected chi connectivity index (χ3v) is 4.70. The molecule has 1 aromatic carbocycles. The largest absolute Gasteiger partial charge is 0.441 e. The summed E-state index contributed by atoms with van der Waals surface area (Å²) in [6.07, 6.45) is 6.37. The first-order valence-electron chi connectivity index (χ1n) is 8.70. The minimum Gasteiger partial charge on any atom is -0.441 e. The van der Waals surface area contributed by atoms with Gasteiger partial charge in [0.15, 0.2) is 11.7 Å². The van der Waals surface area contributed by atoms with E-state index in [4.69, 9.17) is 4.42 Å². The Hall–Kier alpha value is -2.24. The van der Waals surface area contributed by atoms with E-state index in [1.807, 2.05) is 0 Å². The Labute approximate surface area is 145 Å². The summed E-state index contributed by atoms with van der Waals surface area (Å²) in [6, 6.07) is 3.54. The molecule has 0 unspecified atom stereocenters. The summed E-state index contributed by atoms with van der Waals surface area (Å²) >= 11 is 0. The first-order chi connectivity index (χ1) is 12.0. The number of hydrogen-bond donors (Lipinski definition) is 1. The molecule has 1 aromatic heterocycles. The highest BCUT2D eigenvalue weighted by molar-refractivity contribution is 5.76. The minimum absolute atomic E-state index is 0.0211. The number of halogens is 2. The van der Waals surface area contributed by atoms with Crippen LogP contribution in [0.2, 0.25) is 0 Å². The number of benzene rings is 1. The summed E-state index contributed by atoms with van der Waals surface area (Å²) in [5.74, 6) is -0.0277. The van der Waals surface area contributed by atoms with Crippen molar-refractivity contribution in [2.75, 3.05) is 0 Å². The molecule has 2 aromatic rings. The van der Waals surface area contributed by atoms with E-state index >= 15 is 0 Å². The van der Waals surface area contributed by atoms with Crippen molar-refractivity contribution in [1.29, 1.82) is 0 Å². The van der Waals surface area contributed by atoms with Crippen LogP contribution in [0.5, 0.6) is 0 Å². The zero-order chi connectivity index (χ0) is 17.8. The first kappa shape index (κ1) is 17.6. The number of aryl methyl sites for hydroxylation is 1. The van der Waals surface area contributed by atoms with Crippen molar-refractivity contribution in [3.63, 3.8) is 0 Å². The number of hydrogen-bond acceptors (Lipinski definition) is 3. The van der Waals surface area contributed by atoms with Gasteiger partial charge in [-0.3, -0.25) is 4.79 Å². The standard InChI is InChI=1S/C19H22F2N2O2/c1-12-2-5-14(6-3-12)23-18(24)8-9-19-22-11-17(25-19)15-7-4-13(20)10-16(15)21/h4,7,10-12,14H,2-3,5-6,8-9H2,1H3,(H,23,24). The Bertz CT molecular complexity index is 737. The van der Waals surface area contributed by atoms with Crippen LogP contribution in [0.4, 0.5) is 8.78 Å². The van der Waals surface area contributed by atoms with Gasteiger partial charge in [0.1, 0.15) is 11.6 Å². The molecular formula is C19H22F2N2O2. The van der Waals surface area contributed by atoms with Crippen molar-refractivity contribution in [3.05, 3.63) is 41.9 Å². The van der Waals surface area contributed by atoms with E-state index in [0.717, 1.165) is 37.7 Å². The molecule has 0 aliphatic heterocycles. The van der Waals surface area contributed by atoms with Gasteiger partial charge in [-0.25, -0.2) is 13.8 Å². The first-order valence-corrected chi connectivity index (χ1v) is 8.70. The zero-order valence-electron chi connectivity index (χ0n) is 14.2. The smallest absolute Gasteiger partial charge is 0.220 e. The second-order valence-electron chi connectivity index (χ2n) is 6.77. The van der Waals surface area contributed by atoms with Crippen LogP contribution < -0.4 is 5.32 Å². The number of carbonyl (C=O) groups is 1. The molecule has 1 aliphatic carbocycles. The lowest BCUT2D eigenvalue weighted by molar-refractivity contribution is -0.122. The van der Waals surface area contributed by atoms with Crippen molar-refractivity contribution in [3.8, 4) is 11.3 Å². The maximum Gasteiger partial charge on any atom is 0.220 e. The van der Waals surface area contributed by atoms with Crippen LogP contribution in [0.1, 0.15) is 44.9 Å². The Morgan fingerprint density at radius 3 is 2.76 bits per heavy atom.